The van der Waals surface area contributed by atoms with E-state index in [0.29, 0.717) is 16.8 Å². The molecule has 6 nitrogen and oxygen atoms in total. The van der Waals surface area contributed by atoms with Crippen LogP contribution >= 0.6 is 0 Å². The molecule has 0 aliphatic carbocycles. The minimum Gasteiger partial charge on any atom is -0.366 e. The minimum absolute atomic E-state index is 0.235. The number of anilines is 1. The van der Waals surface area contributed by atoms with E-state index in [2.05, 4.69) is 15.3 Å². The lowest BCUT2D eigenvalue weighted by Crippen LogP contribution is -2.11. The van der Waals surface area contributed by atoms with E-state index in [4.69, 9.17) is 5.73 Å². The molecule has 0 bridgehead atoms. The molecule has 1 aromatic heterocycles. The number of rotatable bonds is 6. The van der Waals surface area contributed by atoms with Crippen molar-refractivity contribution >= 4 is 34.1 Å². The molecule has 0 aliphatic rings. The summed E-state index contributed by atoms with van der Waals surface area (Å²) in [7, 11) is 0. The Hall–Kier alpha value is -3.93. The summed E-state index contributed by atoms with van der Waals surface area (Å²) in [4.78, 5) is 31.3. The first-order chi connectivity index (χ1) is 14.4. The molecule has 152 valence electrons. The van der Waals surface area contributed by atoms with E-state index in [1.54, 1.807) is 24.5 Å². The van der Waals surface area contributed by atoms with Crippen LogP contribution in [0, 0.1) is 6.92 Å². The summed E-state index contributed by atoms with van der Waals surface area (Å²) in [5.41, 5.74) is 10.9. The molecular formula is C24H24N4O2. The van der Waals surface area contributed by atoms with Gasteiger partial charge in [-0.15, -0.1) is 0 Å². The van der Waals surface area contributed by atoms with Crippen molar-refractivity contribution in [3.05, 3.63) is 78.1 Å². The number of aromatic amines is 1. The highest BCUT2D eigenvalue weighted by Crippen LogP contribution is 2.34. The maximum atomic E-state index is 12.4. The van der Waals surface area contributed by atoms with Crippen LogP contribution in [0.3, 0.4) is 0 Å². The van der Waals surface area contributed by atoms with Crippen LogP contribution in [0.5, 0.6) is 0 Å². The molecule has 4 N–H and O–H groups in total. The van der Waals surface area contributed by atoms with Gasteiger partial charge in [-0.05, 0) is 61.7 Å². The Balaban J connectivity index is 1.93. The first-order valence-electron chi connectivity index (χ1n) is 9.57. The lowest BCUT2D eigenvalue weighted by molar-refractivity contribution is -0.111. The number of hydrogen-bond acceptors (Lipinski definition) is 3. The molecule has 3 rings (SSSR count). The number of nitrogens with two attached hydrogens (primary N) is 1. The number of hydrogen-bond donors (Lipinski definition) is 3. The van der Waals surface area contributed by atoms with Gasteiger partial charge in [0.15, 0.2) is 0 Å². The van der Waals surface area contributed by atoms with Gasteiger partial charge in [-0.25, -0.2) is 0 Å². The van der Waals surface area contributed by atoms with Crippen LogP contribution in [0.4, 0.5) is 5.69 Å². The first kappa shape index (κ1) is 20.8. The van der Waals surface area contributed by atoms with Crippen molar-refractivity contribution in [3.63, 3.8) is 0 Å². The topological polar surface area (TPSA) is 100 Å². The third-order valence-corrected chi connectivity index (χ3v) is 4.77. The van der Waals surface area contributed by atoms with Crippen molar-refractivity contribution < 1.29 is 9.59 Å². The molecular weight excluding hydrogens is 376 g/mol. The molecule has 2 aromatic carbocycles. The van der Waals surface area contributed by atoms with Gasteiger partial charge in [0.05, 0.1) is 11.1 Å². The average Bonchev–Trinajstić information content (AvgIpc) is 3.21. The largest absolute Gasteiger partial charge is 0.366 e. The lowest BCUT2D eigenvalue weighted by atomic mass is 9.94. The van der Waals surface area contributed by atoms with E-state index in [1.807, 2.05) is 57.2 Å². The van der Waals surface area contributed by atoms with Crippen LogP contribution in [0.15, 0.2) is 72.0 Å². The van der Waals surface area contributed by atoms with E-state index < -0.39 is 5.91 Å². The summed E-state index contributed by atoms with van der Waals surface area (Å²) in [6, 6.07) is 11.2. The Bertz CT molecular complexity index is 1200. The molecule has 0 radical (unpaired) electrons. The number of primary amides is 1. The van der Waals surface area contributed by atoms with Crippen LogP contribution in [0.1, 0.15) is 29.8 Å². The summed E-state index contributed by atoms with van der Waals surface area (Å²) < 4.78 is 0. The highest BCUT2D eigenvalue weighted by Gasteiger charge is 2.15. The van der Waals surface area contributed by atoms with Crippen LogP contribution in [0.2, 0.25) is 0 Å². The molecule has 0 fully saturated rings. The number of nitrogens with one attached hydrogen (secondary N) is 2. The Labute approximate surface area is 175 Å². The van der Waals surface area contributed by atoms with Crippen molar-refractivity contribution in [2.24, 2.45) is 10.7 Å². The predicted molar refractivity (Wildman–Crippen MR) is 123 cm³/mol. The zero-order valence-corrected chi connectivity index (χ0v) is 17.2. The Morgan fingerprint density at radius 2 is 1.90 bits per heavy atom. The number of carbonyl (C=O) groups excluding carboxylic acids is 2. The molecule has 3 aromatic rings. The Morgan fingerprint density at radius 1 is 1.10 bits per heavy atom. The van der Waals surface area contributed by atoms with Gasteiger partial charge in [0, 0.05) is 35.3 Å². The molecule has 0 atom stereocenters. The second-order valence-electron chi connectivity index (χ2n) is 6.84. The van der Waals surface area contributed by atoms with Crippen molar-refractivity contribution in [2.75, 3.05) is 5.32 Å². The summed E-state index contributed by atoms with van der Waals surface area (Å²) in [5, 5.41) is 3.82. The molecule has 0 saturated heterocycles. The normalized spacial score (nSPS) is 12.2. The van der Waals surface area contributed by atoms with E-state index in [0.717, 1.165) is 27.8 Å². The highest BCUT2D eigenvalue weighted by molar-refractivity contribution is 6.10. The van der Waals surface area contributed by atoms with Gasteiger partial charge in [0.2, 0.25) is 5.91 Å². The fraction of sp³-hybridized carbons (Fsp3) is 0.125. The maximum absolute atomic E-state index is 12.4. The zero-order valence-electron chi connectivity index (χ0n) is 17.2. The number of allylic oxidation sites excluding steroid dienone is 2. The van der Waals surface area contributed by atoms with Gasteiger partial charge >= 0.3 is 0 Å². The fourth-order valence-corrected chi connectivity index (χ4v) is 3.27. The number of carbonyl (C=O) groups is 2. The number of aliphatic imine (C=N–C) groups is 1. The van der Waals surface area contributed by atoms with Gasteiger partial charge in [0.25, 0.3) is 5.91 Å². The minimum atomic E-state index is -0.480. The molecule has 30 heavy (non-hydrogen) atoms. The number of benzene rings is 2. The van der Waals surface area contributed by atoms with E-state index in [1.165, 1.54) is 6.08 Å². The standard InChI is InChI=1S/C24H24N4O2/c1-4-13-26-15(2)8-11-22(29)28-21-7-5-6-17(16(21)3)18-9-10-20(24(25)30)23-19(18)12-14-27-23/h4-14,27H,1-3H3,(H2,25,30)(H,28,29)/b11-8+,13-4-,26-15+. The van der Waals surface area contributed by atoms with Crippen molar-refractivity contribution in [3.8, 4) is 11.1 Å². The second kappa shape index (κ2) is 9.05. The van der Waals surface area contributed by atoms with Gasteiger partial charge in [-0.1, -0.05) is 24.3 Å². The fourth-order valence-electron chi connectivity index (χ4n) is 3.27. The van der Waals surface area contributed by atoms with Crippen LogP contribution in [-0.2, 0) is 4.79 Å². The number of nitrogens with zero attached hydrogens (tertiary/aromatic N) is 1. The van der Waals surface area contributed by atoms with Crippen LogP contribution in [-0.4, -0.2) is 22.5 Å². The van der Waals surface area contributed by atoms with Crippen molar-refractivity contribution in [1.29, 1.82) is 0 Å². The SMILES string of the molecule is C\C=C/N=C(C)/C=C/C(=O)Nc1cccc(-c2ccc(C(N)=O)c3[nH]ccc23)c1C. The monoisotopic (exact) mass is 400 g/mol. The predicted octanol–water partition coefficient (Wildman–Crippen LogP) is 4.73. The number of fused-ring (bicyclic) bond motifs is 1. The highest BCUT2D eigenvalue weighted by atomic mass is 16.1. The average molecular weight is 400 g/mol. The Kier molecular flexibility index (Phi) is 6.27. The summed E-state index contributed by atoms with van der Waals surface area (Å²) in [6.45, 7) is 5.66. The van der Waals surface area contributed by atoms with Crippen LogP contribution in [0.25, 0.3) is 22.0 Å². The second-order valence-corrected chi connectivity index (χ2v) is 6.84. The van der Waals surface area contributed by atoms with E-state index >= 15 is 0 Å². The van der Waals surface area contributed by atoms with Gasteiger partial charge in [0.1, 0.15) is 0 Å². The smallest absolute Gasteiger partial charge is 0.250 e. The molecule has 0 saturated carbocycles. The summed E-state index contributed by atoms with van der Waals surface area (Å²) >= 11 is 0. The van der Waals surface area contributed by atoms with Crippen molar-refractivity contribution in [2.45, 2.75) is 20.8 Å². The summed E-state index contributed by atoms with van der Waals surface area (Å²) in [5.74, 6) is -0.715. The zero-order chi connectivity index (χ0) is 21.7. The third kappa shape index (κ3) is 4.38. The van der Waals surface area contributed by atoms with Crippen LogP contribution < -0.4 is 11.1 Å². The molecule has 0 unspecified atom stereocenters. The quantitative estimate of drug-likeness (QED) is 0.411. The maximum Gasteiger partial charge on any atom is 0.250 e. The number of amides is 2. The molecule has 0 spiro atoms. The number of H-pyrrole nitrogens is 1. The van der Waals surface area contributed by atoms with Crippen molar-refractivity contribution in [1.82, 2.24) is 4.98 Å². The molecule has 1 heterocycles. The first-order valence-corrected chi connectivity index (χ1v) is 9.57. The third-order valence-electron chi connectivity index (χ3n) is 4.77. The lowest BCUT2D eigenvalue weighted by Gasteiger charge is -2.13. The van der Waals surface area contributed by atoms with E-state index in [-0.39, 0.29) is 5.91 Å². The Morgan fingerprint density at radius 3 is 2.63 bits per heavy atom. The number of aromatic nitrogens is 1. The van der Waals surface area contributed by atoms with Gasteiger partial charge in [-0.2, -0.15) is 0 Å². The molecule has 6 heteroatoms. The molecule has 2 amide bonds. The van der Waals surface area contributed by atoms with Gasteiger partial charge in [-0.3, -0.25) is 14.6 Å². The van der Waals surface area contributed by atoms with Gasteiger partial charge < -0.3 is 16.0 Å². The summed E-state index contributed by atoms with van der Waals surface area (Å²) in [6.07, 6.45) is 8.41. The van der Waals surface area contributed by atoms with E-state index in [9.17, 15) is 9.59 Å². The molecule has 0 aliphatic heterocycles.